The van der Waals surface area contributed by atoms with Gasteiger partial charge in [-0.05, 0) is 19.3 Å². The Balaban J connectivity index is 2.11. The molecule has 1 atom stereocenters. The maximum atomic E-state index is 12.0. The summed E-state index contributed by atoms with van der Waals surface area (Å²) in [4.78, 5) is 24.8. The lowest BCUT2D eigenvalue weighted by Crippen LogP contribution is -2.42. The molecule has 1 heterocycles. The summed E-state index contributed by atoms with van der Waals surface area (Å²) >= 11 is 0. The molecule has 4 nitrogen and oxygen atoms in total. The van der Waals surface area contributed by atoms with E-state index >= 15 is 0 Å². The first kappa shape index (κ1) is 17.0. The number of carbonyl (C=O) groups is 2. The van der Waals surface area contributed by atoms with Crippen LogP contribution in [0.3, 0.4) is 0 Å². The van der Waals surface area contributed by atoms with E-state index in [1.54, 1.807) is 4.90 Å². The molecule has 1 fully saturated rings. The molecule has 1 rings (SSSR count). The molecule has 116 valence electrons. The summed E-state index contributed by atoms with van der Waals surface area (Å²) < 4.78 is 0. The Kier molecular flexibility index (Phi) is 8.31. The van der Waals surface area contributed by atoms with Gasteiger partial charge in [-0.3, -0.25) is 9.59 Å². The average Bonchev–Trinajstić information content (AvgIpc) is 2.46. The van der Waals surface area contributed by atoms with E-state index in [1.165, 1.54) is 32.1 Å². The number of hydrogen-bond donors (Lipinski definition) is 1. The number of likely N-dealkylation sites (tertiary alicyclic amines) is 1. The van der Waals surface area contributed by atoms with Crippen molar-refractivity contribution in [2.24, 2.45) is 5.92 Å². The smallest absolute Gasteiger partial charge is 0.308 e. The van der Waals surface area contributed by atoms with E-state index in [9.17, 15) is 9.59 Å². The van der Waals surface area contributed by atoms with E-state index in [-0.39, 0.29) is 11.8 Å². The number of rotatable bonds is 9. The Morgan fingerprint density at radius 3 is 2.40 bits per heavy atom. The summed E-state index contributed by atoms with van der Waals surface area (Å²) in [6.45, 7) is 3.35. The van der Waals surface area contributed by atoms with Crippen LogP contribution in [-0.4, -0.2) is 35.0 Å². The van der Waals surface area contributed by atoms with Gasteiger partial charge in [-0.25, -0.2) is 0 Å². The van der Waals surface area contributed by atoms with Crippen molar-refractivity contribution in [1.82, 2.24) is 4.90 Å². The number of aliphatic carboxylic acids is 1. The van der Waals surface area contributed by atoms with Crippen molar-refractivity contribution in [1.29, 1.82) is 0 Å². The molecule has 0 aromatic heterocycles. The van der Waals surface area contributed by atoms with Crippen LogP contribution in [0.4, 0.5) is 0 Å². The first-order valence-corrected chi connectivity index (χ1v) is 8.15. The largest absolute Gasteiger partial charge is 0.481 e. The standard InChI is InChI=1S/C16H29NO3/c1-2-3-4-5-6-7-8-11-15(18)17-12-9-10-14(13-17)16(19)20/h14H,2-13H2,1H3,(H,19,20). The lowest BCUT2D eigenvalue weighted by Gasteiger charge is -2.30. The van der Waals surface area contributed by atoms with Gasteiger partial charge in [0, 0.05) is 19.5 Å². The maximum absolute atomic E-state index is 12.0. The first-order valence-electron chi connectivity index (χ1n) is 8.15. The molecule has 1 aliphatic heterocycles. The molecule has 1 N–H and O–H groups in total. The predicted octanol–water partition coefficient (Wildman–Crippen LogP) is 3.45. The van der Waals surface area contributed by atoms with Gasteiger partial charge in [0.25, 0.3) is 0 Å². The van der Waals surface area contributed by atoms with Gasteiger partial charge in [0.15, 0.2) is 0 Å². The van der Waals surface area contributed by atoms with E-state index in [4.69, 9.17) is 5.11 Å². The van der Waals surface area contributed by atoms with E-state index in [1.807, 2.05) is 0 Å². The van der Waals surface area contributed by atoms with Gasteiger partial charge < -0.3 is 10.0 Å². The second-order valence-corrected chi connectivity index (χ2v) is 5.89. The number of nitrogens with zero attached hydrogens (tertiary/aromatic N) is 1. The lowest BCUT2D eigenvalue weighted by molar-refractivity contribution is -0.145. The quantitative estimate of drug-likeness (QED) is 0.659. The molecule has 0 aliphatic carbocycles. The molecule has 1 amide bonds. The minimum atomic E-state index is -0.765. The Morgan fingerprint density at radius 2 is 1.75 bits per heavy atom. The van der Waals surface area contributed by atoms with Gasteiger partial charge >= 0.3 is 5.97 Å². The maximum Gasteiger partial charge on any atom is 0.308 e. The number of piperidine rings is 1. The first-order chi connectivity index (χ1) is 9.65. The van der Waals surface area contributed by atoms with Crippen LogP contribution in [0.5, 0.6) is 0 Å². The zero-order valence-electron chi connectivity index (χ0n) is 12.8. The molecule has 0 saturated carbocycles. The Labute approximate surface area is 122 Å². The van der Waals surface area contributed by atoms with E-state index in [0.29, 0.717) is 19.4 Å². The molecule has 0 radical (unpaired) electrons. The fourth-order valence-corrected chi connectivity index (χ4v) is 2.80. The summed E-state index contributed by atoms with van der Waals surface area (Å²) in [6.07, 6.45) is 10.5. The predicted molar refractivity (Wildman–Crippen MR) is 79.5 cm³/mol. The van der Waals surface area contributed by atoms with Crippen LogP contribution in [0.2, 0.25) is 0 Å². The number of hydrogen-bond acceptors (Lipinski definition) is 2. The van der Waals surface area contributed by atoms with Gasteiger partial charge in [0.2, 0.25) is 5.91 Å². The van der Waals surface area contributed by atoms with Gasteiger partial charge in [-0.1, -0.05) is 45.4 Å². The number of unbranched alkanes of at least 4 members (excludes halogenated alkanes) is 6. The average molecular weight is 283 g/mol. The molecule has 0 bridgehead atoms. The van der Waals surface area contributed by atoms with Crippen LogP contribution in [0.1, 0.15) is 71.1 Å². The Bertz CT molecular complexity index is 304. The van der Waals surface area contributed by atoms with Gasteiger partial charge in [-0.2, -0.15) is 0 Å². The molecule has 0 aromatic rings. The molecule has 0 aromatic carbocycles. The zero-order chi connectivity index (χ0) is 14.8. The van der Waals surface area contributed by atoms with Gasteiger partial charge in [0.1, 0.15) is 0 Å². The van der Waals surface area contributed by atoms with Crippen molar-refractivity contribution >= 4 is 11.9 Å². The highest BCUT2D eigenvalue weighted by molar-refractivity contribution is 5.78. The summed E-state index contributed by atoms with van der Waals surface area (Å²) in [7, 11) is 0. The lowest BCUT2D eigenvalue weighted by atomic mass is 9.98. The second-order valence-electron chi connectivity index (χ2n) is 5.89. The highest BCUT2D eigenvalue weighted by atomic mass is 16.4. The van der Waals surface area contributed by atoms with Crippen LogP contribution in [-0.2, 0) is 9.59 Å². The molecule has 1 aliphatic rings. The third kappa shape index (κ3) is 6.40. The van der Waals surface area contributed by atoms with Crippen LogP contribution in [0.15, 0.2) is 0 Å². The number of amides is 1. The van der Waals surface area contributed by atoms with Crippen molar-refractivity contribution in [3.63, 3.8) is 0 Å². The summed E-state index contributed by atoms with van der Waals surface area (Å²) in [5.41, 5.74) is 0. The van der Waals surface area contributed by atoms with Crippen molar-refractivity contribution in [2.75, 3.05) is 13.1 Å². The third-order valence-corrected chi connectivity index (χ3v) is 4.12. The zero-order valence-corrected chi connectivity index (χ0v) is 12.8. The monoisotopic (exact) mass is 283 g/mol. The molecule has 4 heteroatoms. The van der Waals surface area contributed by atoms with E-state index in [0.717, 1.165) is 25.8 Å². The Hall–Kier alpha value is -1.06. The van der Waals surface area contributed by atoms with E-state index in [2.05, 4.69) is 6.92 Å². The fraction of sp³-hybridized carbons (Fsp3) is 0.875. The topological polar surface area (TPSA) is 57.6 Å². The van der Waals surface area contributed by atoms with Crippen LogP contribution >= 0.6 is 0 Å². The van der Waals surface area contributed by atoms with Crippen LogP contribution in [0, 0.1) is 5.92 Å². The van der Waals surface area contributed by atoms with Crippen molar-refractivity contribution in [3.8, 4) is 0 Å². The fourth-order valence-electron chi connectivity index (χ4n) is 2.80. The number of carbonyl (C=O) groups excluding carboxylic acids is 1. The molecule has 1 unspecified atom stereocenters. The summed E-state index contributed by atoms with van der Waals surface area (Å²) in [5, 5.41) is 9.02. The minimum absolute atomic E-state index is 0.143. The Morgan fingerprint density at radius 1 is 1.10 bits per heavy atom. The van der Waals surface area contributed by atoms with Crippen molar-refractivity contribution < 1.29 is 14.7 Å². The molecular weight excluding hydrogens is 254 g/mol. The number of carboxylic acid groups (broad SMARTS) is 1. The van der Waals surface area contributed by atoms with Crippen molar-refractivity contribution in [2.45, 2.75) is 71.1 Å². The SMILES string of the molecule is CCCCCCCCCC(=O)N1CCCC(C(=O)O)C1. The van der Waals surface area contributed by atoms with E-state index < -0.39 is 5.97 Å². The molecular formula is C16H29NO3. The summed E-state index contributed by atoms with van der Waals surface area (Å²) in [5.74, 6) is -0.982. The summed E-state index contributed by atoms with van der Waals surface area (Å²) in [6, 6.07) is 0. The third-order valence-electron chi connectivity index (χ3n) is 4.12. The minimum Gasteiger partial charge on any atom is -0.481 e. The van der Waals surface area contributed by atoms with Gasteiger partial charge in [0.05, 0.1) is 5.92 Å². The normalized spacial score (nSPS) is 19.1. The number of carboxylic acids is 1. The molecule has 0 spiro atoms. The molecule has 20 heavy (non-hydrogen) atoms. The van der Waals surface area contributed by atoms with Crippen molar-refractivity contribution in [3.05, 3.63) is 0 Å². The highest BCUT2D eigenvalue weighted by Crippen LogP contribution is 2.18. The highest BCUT2D eigenvalue weighted by Gasteiger charge is 2.27. The van der Waals surface area contributed by atoms with Crippen LogP contribution in [0.25, 0.3) is 0 Å². The van der Waals surface area contributed by atoms with Crippen LogP contribution < -0.4 is 0 Å². The van der Waals surface area contributed by atoms with Gasteiger partial charge in [-0.15, -0.1) is 0 Å². The molecule has 1 saturated heterocycles. The second kappa shape index (κ2) is 9.78.